The summed E-state index contributed by atoms with van der Waals surface area (Å²) in [5, 5.41) is 13.9. The molecule has 1 aliphatic rings. The summed E-state index contributed by atoms with van der Waals surface area (Å²) in [7, 11) is 0. The Morgan fingerprint density at radius 3 is 2.53 bits per heavy atom. The van der Waals surface area contributed by atoms with E-state index in [1.165, 1.54) is 24.1 Å². The Hall–Kier alpha value is -1.32. The van der Waals surface area contributed by atoms with Crippen molar-refractivity contribution < 1.29 is 5.11 Å². The van der Waals surface area contributed by atoms with Crippen LogP contribution >= 0.6 is 11.3 Å². The van der Waals surface area contributed by atoms with Gasteiger partial charge in [-0.1, -0.05) is 12.1 Å². The van der Waals surface area contributed by atoms with E-state index in [1.54, 1.807) is 18.3 Å². The summed E-state index contributed by atoms with van der Waals surface area (Å²) < 4.78 is 0. The van der Waals surface area contributed by atoms with E-state index in [-0.39, 0.29) is 6.10 Å². The molecule has 2 aromatic rings. The van der Waals surface area contributed by atoms with Gasteiger partial charge in [-0.2, -0.15) is 11.3 Å². The highest BCUT2D eigenvalue weighted by Gasteiger charge is 2.29. The van der Waals surface area contributed by atoms with E-state index in [0.717, 1.165) is 12.1 Å². The van der Waals surface area contributed by atoms with Gasteiger partial charge in [-0.3, -0.25) is 0 Å². The molecule has 1 unspecified atom stereocenters. The maximum Gasteiger partial charge on any atom is 0.0761 e. The third-order valence-corrected chi connectivity index (χ3v) is 4.36. The van der Waals surface area contributed by atoms with Gasteiger partial charge in [0.25, 0.3) is 0 Å². The van der Waals surface area contributed by atoms with Gasteiger partial charge in [0.2, 0.25) is 0 Å². The van der Waals surface area contributed by atoms with Crippen LogP contribution in [0.2, 0.25) is 0 Å². The maximum atomic E-state index is 9.57. The molecule has 0 spiro atoms. The molecule has 0 radical (unpaired) electrons. The number of aliphatic hydroxyl groups is 1. The van der Waals surface area contributed by atoms with Gasteiger partial charge in [0.05, 0.1) is 6.10 Å². The van der Waals surface area contributed by atoms with Crippen molar-refractivity contribution in [2.45, 2.75) is 38.5 Å². The highest BCUT2D eigenvalue weighted by atomic mass is 32.1. The quantitative estimate of drug-likeness (QED) is 0.891. The third kappa shape index (κ3) is 2.99. The SMILES string of the molecule is CC(O)c1ccc(N(Cc2ccsc2)C2CC2)cc1. The van der Waals surface area contributed by atoms with E-state index in [9.17, 15) is 5.11 Å². The Morgan fingerprint density at radius 2 is 2.00 bits per heavy atom. The Balaban J connectivity index is 1.79. The van der Waals surface area contributed by atoms with Gasteiger partial charge in [0.15, 0.2) is 0 Å². The van der Waals surface area contributed by atoms with Crippen LogP contribution in [0.5, 0.6) is 0 Å². The molecule has 3 rings (SSSR count). The molecular weight excluding hydrogens is 254 g/mol. The zero-order chi connectivity index (χ0) is 13.2. The minimum Gasteiger partial charge on any atom is -0.389 e. The molecule has 0 saturated heterocycles. The standard InChI is InChI=1S/C16H19NOS/c1-12(18)14-2-4-15(5-3-14)17(16-6-7-16)10-13-8-9-19-11-13/h2-5,8-9,11-12,16,18H,6-7,10H2,1H3. The van der Waals surface area contributed by atoms with Crippen LogP contribution in [0.3, 0.4) is 0 Å². The molecule has 1 heterocycles. The molecule has 1 aromatic carbocycles. The van der Waals surface area contributed by atoms with Crippen molar-refractivity contribution in [2.75, 3.05) is 4.90 Å². The molecule has 1 atom stereocenters. The van der Waals surface area contributed by atoms with Gasteiger partial charge in [0.1, 0.15) is 0 Å². The predicted octanol–water partition coefficient (Wildman–Crippen LogP) is 3.97. The van der Waals surface area contributed by atoms with E-state index in [2.05, 4.69) is 33.9 Å². The first-order chi connectivity index (χ1) is 9.24. The second kappa shape index (κ2) is 5.35. The zero-order valence-electron chi connectivity index (χ0n) is 11.1. The lowest BCUT2D eigenvalue weighted by Crippen LogP contribution is -2.24. The van der Waals surface area contributed by atoms with Crippen molar-refractivity contribution >= 4 is 17.0 Å². The first kappa shape index (κ1) is 12.7. The fraction of sp³-hybridized carbons (Fsp3) is 0.375. The zero-order valence-corrected chi connectivity index (χ0v) is 11.9. The lowest BCUT2D eigenvalue weighted by atomic mass is 10.1. The highest BCUT2D eigenvalue weighted by Crippen LogP contribution is 2.33. The van der Waals surface area contributed by atoms with Crippen LogP contribution < -0.4 is 4.90 Å². The molecule has 1 saturated carbocycles. The third-order valence-electron chi connectivity index (χ3n) is 3.63. The van der Waals surface area contributed by atoms with Crippen LogP contribution in [0, 0.1) is 0 Å². The number of aliphatic hydroxyl groups excluding tert-OH is 1. The van der Waals surface area contributed by atoms with Gasteiger partial charge in [-0.05, 0) is 59.9 Å². The summed E-state index contributed by atoms with van der Waals surface area (Å²) in [5.74, 6) is 0. The Labute approximate surface area is 118 Å². The maximum absolute atomic E-state index is 9.57. The lowest BCUT2D eigenvalue weighted by molar-refractivity contribution is 0.199. The molecule has 1 N–H and O–H groups in total. The fourth-order valence-corrected chi connectivity index (χ4v) is 3.00. The number of hydrogen-bond donors (Lipinski definition) is 1. The highest BCUT2D eigenvalue weighted by molar-refractivity contribution is 7.07. The van der Waals surface area contributed by atoms with Gasteiger partial charge >= 0.3 is 0 Å². The number of nitrogens with zero attached hydrogens (tertiary/aromatic N) is 1. The molecule has 1 fully saturated rings. The number of anilines is 1. The smallest absolute Gasteiger partial charge is 0.0761 e. The number of thiophene rings is 1. The van der Waals surface area contributed by atoms with Crippen LogP contribution in [0.4, 0.5) is 5.69 Å². The van der Waals surface area contributed by atoms with E-state index in [0.29, 0.717) is 6.04 Å². The first-order valence-electron chi connectivity index (χ1n) is 6.80. The minimum atomic E-state index is -0.389. The molecule has 3 heteroatoms. The summed E-state index contributed by atoms with van der Waals surface area (Å²) >= 11 is 1.76. The van der Waals surface area contributed by atoms with Gasteiger partial charge < -0.3 is 10.0 Å². The molecule has 0 aliphatic heterocycles. The van der Waals surface area contributed by atoms with Crippen LogP contribution in [0.25, 0.3) is 0 Å². The van der Waals surface area contributed by atoms with Crippen LogP contribution in [0.1, 0.15) is 37.0 Å². The molecule has 2 nitrogen and oxygen atoms in total. The summed E-state index contributed by atoms with van der Waals surface area (Å²) in [5.41, 5.74) is 3.63. The summed E-state index contributed by atoms with van der Waals surface area (Å²) in [4.78, 5) is 2.48. The number of rotatable bonds is 5. The topological polar surface area (TPSA) is 23.5 Å². The molecule has 0 bridgehead atoms. The fourth-order valence-electron chi connectivity index (χ4n) is 2.34. The second-order valence-corrected chi connectivity index (χ2v) is 6.04. The number of benzene rings is 1. The average Bonchev–Trinajstić information content (AvgIpc) is 3.13. The van der Waals surface area contributed by atoms with Gasteiger partial charge in [0, 0.05) is 18.3 Å². The Kier molecular flexibility index (Phi) is 3.58. The van der Waals surface area contributed by atoms with Crippen molar-refractivity contribution in [2.24, 2.45) is 0 Å². The second-order valence-electron chi connectivity index (χ2n) is 5.26. The first-order valence-corrected chi connectivity index (χ1v) is 7.74. The van der Waals surface area contributed by atoms with Crippen molar-refractivity contribution in [3.8, 4) is 0 Å². The summed E-state index contributed by atoms with van der Waals surface area (Å²) in [6.07, 6.45) is 2.20. The molecular formula is C16H19NOS. The largest absolute Gasteiger partial charge is 0.389 e. The van der Waals surface area contributed by atoms with E-state index < -0.39 is 0 Å². The molecule has 1 aromatic heterocycles. The van der Waals surface area contributed by atoms with Crippen molar-refractivity contribution in [3.63, 3.8) is 0 Å². The average molecular weight is 273 g/mol. The van der Waals surface area contributed by atoms with Crippen LogP contribution in [-0.2, 0) is 6.54 Å². The molecule has 0 amide bonds. The van der Waals surface area contributed by atoms with E-state index >= 15 is 0 Å². The summed E-state index contributed by atoms with van der Waals surface area (Å²) in [6, 6.07) is 11.2. The van der Waals surface area contributed by atoms with Crippen LogP contribution in [-0.4, -0.2) is 11.1 Å². The molecule has 19 heavy (non-hydrogen) atoms. The predicted molar refractivity (Wildman–Crippen MR) is 80.6 cm³/mol. The molecule has 100 valence electrons. The Bertz CT molecular complexity index is 514. The van der Waals surface area contributed by atoms with Crippen molar-refractivity contribution in [1.29, 1.82) is 0 Å². The molecule has 1 aliphatic carbocycles. The van der Waals surface area contributed by atoms with Crippen molar-refractivity contribution in [3.05, 3.63) is 52.2 Å². The Morgan fingerprint density at radius 1 is 1.26 bits per heavy atom. The normalized spacial score (nSPS) is 16.3. The number of hydrogen-bond acceptors (Lipinski definition) is 3. The van der Waals surface area contributed by atoms with Crippen molar-refractivity contribution in [1.82, 2.24) is 0 Å². The van der Waals surface area contributed by atoms with E-state index in [4.69, 9.17) is 0 Å². The lowest BCUT2D eigenvalue weighted by Gasteiger charge is -2.24. The van der Waals surface area contributed by atoms with Gasteiger partial charge in [-0.25, -0.2) is 0 Å². The summed E-state index contributed by atoms with van der Waals surface area (Å²) in [6.45, 7) is 2.79. The van der Waals surface area contributed by atoms with E-state index in [1.807, 2.05) is 12.1 Å². The van der Waals surface area contributed by atoms with Gasteiger partial charge in [-0.15, -0.1) is 0 Å². The minimum absolute atomic E-state index is 0.389. The van der Waals surface area contributed by atoms with Crippen LogP contribution in [0.15, 0.2) is 41.1 Å². The monoisotopic (exact) mass is 273 g/mol.